The van der Waals surface area contributed by atoms with Crippen LogP contribution in [0.1, 0.15) is 34.6 Å². The van der Waals surface area contributed by atoms with Gasteiger partial charge in [0, 0.05) is 25.1 Å². The van der Waals surface area contributed by atoms with E-state index in [1.54, 1.807) is 15.6 Å². The van der Waals surface area contributed by atoms with Crippen LogP contribution in [-0.4, -0.2) is 48.7 Å². The van der Waals surface area contributed by atoms with Crippen LogP contribution in [0.5, 0.6) is 0 Å². The van der Waals surface area contributed by atoms with Crippen molar-refractivity contribution in [3.05, 3.63) is 69.9 Å². The van der Waals surface area contributed by atoms with E-state index in [1.807, 2.05) is 30.3 Å². The number of para-hydroxylation sites is 1. The third kappa shape index (κ3) is 3.46. The zero-order valence-electron chi connectivity index (χ0n) is 16.1. The molecule has 1 saturated heterocycles. The van der Waals surface area contributed by atoms with Gasteiger partial charge in [-0.3, -0.25) is 9.59 Å². The predicted octanol–water partition coefficient (Wildman–Crippen LogP) is 1.47. The first kappa shape index (κ1) is 17.8. The van der Waals surface area contributed by atoms with Gasteiger partial charge in [0.1, 0.15) is 0 Å². The molecule has 0 bridgehead atoms. The van der Waals surface area contributed by atoms with Crippen LogP contribution < -0.4 is 5.56 Å². The molecule has 1 aliphatic heterocycles. The summed E-state index contributed by atoms with van der Waals surface area (Å²) in [5.74, 6) is 0.101. The van der Waals surface area contributed by atoms with Gasteiger partial charge in [-0.1, -0.05) is 18.2 Å². The van der Waals surface area contributed by atoms with Crippen LogP contribution in [0.3, 0.4) is 0 Å². The molecule has 0 atom stereocenters. The fourth-order valence-electron chi connectivity index (χ4n) is 4.04. The van der Waals surface area contributed by atoms with Crippen molar-refractivity contribution in [2.75, 3.05) is 13.1 Å². The van der Waals surface area contributed by atoms with Crippen molar-refractivity contribution in [3.8, 4) is 5.69 Å². The zero-order chi connectivity index (χ0) is 19.8. The number of aryl methyl sites for hydroxylation is 2. The highest BCUT2D eigenvalue weighted by Gasteiger charge is 2.33. The number of likely N-dealkylation sites (tertiary alicyclic amines) is 1. The molecule has 0 radical (unpaired) electrons. The summed E-state index contributed by atoms with van der Waals surface area (Å²) in [4.78, 5) is 28.2. The molecule has 0 spiro atoms. The lowest BCUT2D eigenvalue weighted by Gasteiger charge is -2.38. The van der Waals surface area contributed by atoms with Crippen molar-refractivity contribution in [3.63, 3.8) is 0 Å². The predicted molar refractivity (Wildman–Crippen MR) is 106 cm³/mol. The Bertz CT molecular complexity index is 1100. The van der Waals surface area contributed by atoms with Gasteiger partial charge in [-0.05, 0) is 43.4 Å². The van der Waals surface area contributed by atoms with Crippen LogP contribution in [0.15, 0.2) is 47.4 Å². The quantitative estimate of drug-likeness (QED) is 0.674. The molecule has 148 valence electrons. The Morgan fingerprint density at radius 3 is 2.69 bits per heavy atom. The fourth-order valence-corrected chi connectivity index (χ4v) is 4.04. The second-order valence-corrected chi connectivity index (χ2v) is 7.77. The van der Waals surface area contributed by atoms with Crippen LogP contribution in [-0.2, 0) is 19.4 Å². The lowest BCUT2D eigenvalue weighted by Crippen LogP contribution is -2.52. The highest BCUT2D eigenvalue weighted by Crippen LogP contribution is 2.21. The number of hydrogen-bond donors (Lipinski definition) is 0. The molecule has 0 N–H and O–H groups in total. The van der Waals surface area contributed by atoms with Crippen molar-refractivity contribution >= 4 is 5.91 Å². The molecule has 8 nitrogen and oxygen atoms in total. The van der Waals surface area contributed by atoms with E-state index in [2.05, 4.69) is 15.3 Å². The maximum absolute atomic E-state index is 12.7. The summed E-state index contributed by atoms with van der Waals surface area (Å²) in [6.45, 7) is 1.75. The summed E-state index contributed by atoms with van der Waals surface area (Å²) in [7, 11) is 0. The Balaban J connectivity index is 1.22. The van der Waals surface area contributed by atoms with Gasteiger partial charge in [-0.2, -0.15) is 15.0 Å². The summed E-state index contributed by atoms with van der Waals surface area (Å²) >= 11 is 0. The van der Waals surface area contributed by atoms with Gasteiger partial charge in [-0.25, -0.2) is 4.68 Å². The van der Waals surface area contributed by atoms with E-state index >= 15 is 0 Å². The fraction of sp³-hybridized carbons (Fsp3) is 0.381. The van der Waals surface area contributed by atoms with Crippen LogP contribution in [0.25, 0.3) is 5.69 Å². The molecule has 1 aromatic carbocycles. The molecule has 3 heterocycles. The van der Waals surface area contributed by atoms with Gasteiger partial charge in [-0.15, -0.1) is 5.10 Å². The molecule has 0 saturated carbocycles. The third-order valence-corrected chi connectivity index (χ3v) is 5.65. The van der Waals surface area contributed by atoms with Gasteiger partial charge in [0.25, 0.3) is 11.5 Å². The third-order valence-electron chi connectivity index (χ3n) is 5.65. The molecule has 1 amide bonds. The first-order valence-corrected chi connectivity index (χ1v) is 10.0. The number of aromatic nitrogens is 5. The Morgan fingerprint density at radius 2 is 1.86 bits per heavy atom. The van der Waals surface area contributed by atoms with Crippen molar-refractivity contribution in [2.24, 2.45) is 5.92 Å². The van der Waals surface area contributed by atoms with E-state index in [0.717, 1.165) is 42.6 Å². The van der Waals surface area contributed by atoms with Gasteiger partial charge in [0.05, 0.1) is 24.1 Å². The number of amides is 1. The van der Waals surface area contributed by atoms with Crippen LogP contribution >= 0.6 is 0 Å². The molecule has 8 heteroatoms. The van der Waals surface area contributed by atoms with E-state index < -0.39 is 0 Å². The van der Waals surface area contributed by atoms with Crippen LogP contribution in [0.4, 0.5) is 0 Å². The molecule has 2 aliphatic rings. The molecule has 5 rings (SSSR count). The number of nitrogens with zero attached hydrogens (tertiary/aromatic N) is 6. The molecule has 29 heavy (non-hydrogen) atoms. The Hall–Kier alpha value is -3.29. The number of carbonyl (C=O) groups is 1. The van der Waals surface area contributed by atoms with Gasteiger partial charge < -0.3 is 4.90 Å². The summed E-state index contributed by atoms with van der Waals surface area (Å²) in [5, 5.41) is 13.1. The first-order valence-electron chi connectivity index (χ1n) is 10.0. The second-order valence-electron chi connectivity index (χ2n) is 7.77. The zero-order valence-corrected chi connectivity index (χ0v) is 16.1. The van der Waals surface area contributed by atoms with E-state index in [9.17, 15) is 9.59 Å². The average molecular weight is 390 g/mol. The van der Waals surface area contributed by atoms with Gasteiger partial charge >= 0.3 is 0 Å². The van der Waals surface area contributed by atoms with E-state index in [-0.39, 0.29) is 17.4 Å². The largest absolute Gasteiger partial charge is 0.336 e. The monoisotopic (exact) mass is 390 g/mol. The first-order chi connectivity index (χ1) is 14.2. The minimum atomic E-state index is -0.130. The Morgan fingerprint density at radius 1 is 1.07 bits per heavy atom. The lowest BCUT2D eigenvalue weighted by atomic mass is 9.96. The van der Waals surface area contributed by atoms with Crippen LogP contribution in [0.2, 0.25) is 0 Å². The lowest BCUT2D eigenvalue weighted by molar-refractivity contribution is 0.0451. The van der Waals surface area contributed by atoms with E-state index in [0.29, 0.717) is 25.3 Å². The summed E-state index contributed by atoms with van der Waals surface area (Å²) in [6, 6.07) is 11.2. The number of fused-ring (bicyclic) bond motifs is 1. The van der Waals surface area contributed by atoms with Crippen molar-refractivity contribution < 1.29 is 4.79 Å². The molecule has 0 unspecified atom stereocenters. The molecular weight excluding hydrogens is 368 g/mol. The molecular formula is C21H22N6O2. The normalized spacial score (nSPS) is 16.3. The second kappa shape index (κ2) is 7.27. The van der Waals surface area contributed by atoms with E-state index in [1.165, 1.54) is 11.0 Å². The van der Waals surface area contributed by atoms with Crippen molar-refractivity contribution in [2.45, 2.75) is 32.2 Å². The average Bonchev–Trinajstić information content (AvgIpc) is 3.21. The summed E-state index contributed by atoms with van der Waals surface area (Å²) < 4.78 is 1.57. The number of rotatable bonds is 4. The smallest absolute Gasteiger partial charge is 0.276 e. The minimum Gasteiger partial charge on any atom is -0.336 e. The SMILES string of the molecule is O=C(c1cnn(-c2ccccc2)n1)N1CC(Cn2nc3c(cc2=O)CCCC3)C1. The standard InChI is InChI=1S/C21H22N6O2/c28-20-10-16-6-4-5-9-18(16)23-26(20)14-15-12-25(13-15)21(29)19-11-22-27(24-19)17-7-2-1-3-8-17/h1-3,7-8,10-11,15H,4-6,9,12-14H2. The van der Waals surface area contributed by atoms with Crippen molar-refractivity contribution in [1.82, 2.24) is 29.7 Å². The van der Waals surface area contributed by atoms with Gasteiger partial charge in [0.2, 0.25) is 0 Å². The number of carbonyl (C=O) groups excluding carboxylic acids is 1. The maximum atomic E-state index is 12.7. The summed E-state index contributed by atoms with van der Waals surface area (Å²) in [5.41, 5.74) is 3.26. The minimum absolute atomic E-state index is 0.0405. The summed E-state index contributed by atoms with van der Waals surface area (Å²) in [6.07, 6.45) is 5.66. The van der Waals surface area contributed by atoms with Crippen molar-refractivity contribution in [1.29, 1.82) is 0 Å². The maximum Gasteiger partial charge on any atom is 0.276 e. The molecule has 1 aliphatic carbocycles. The van der Waals surface area contributed by atoms with Gasteiger partial charge in [0.15, 0.2) is 5.69 Å². The highest BCUT2D eigenvalue weighted by molar-refractivity contribution is 5.92. The number of hydrogen-bond acceptors (Lipinski definition) is 5. The van der Waals surface area contributed by atoms with Crippen LogP contribution in [0, 0.1) is 5.92 Å². The Kier molecular flexibility index (Phi) is 4.46. The number of benzene rings is 1. The molecule has 1 fully saturated rings. The highest BCUT2D eigenvalue weighted by atomic mass is 16.2. The topological polar surface area (TPSA) is 85.9 Å². The molecule has 3 aromatic rings. The van der Waals surface area contributed by atoms with E-state index in [4.69, 9.17) is 0 Å². The Labute approximate surface area is 167 Å². The molecule has 2 aromatic heterocycles.